The Kier molecular flexibility index (Phi) is 17.2. The first-order valence-electron chi connectivity index (χ1n) is 29.3. The topological polar surface area (TPSA) is 195 Å². The highest BCUT2D eigenvalue weighted by Gasteiger charge is 2.54. The molecular formula is C60H90N4O8S4. The van der Waals surface area contributed by atoms with Crippen LogP contribution in [0.25, 0.3) is 0 Å². The SMILES string of the molecule is CC(C)(O)[C@]1(C)SC(C[C@H]2C[C@@H]3CC[C@H]2C3)=NC1=O.CC(C)[C@]1(C)SC(C[C@H]2C[C@H]3C[C@@H]2CC3=O)=NC1=O.CC(C)[C@]1(C)SC(C[C@H]2C[C@H]3C[C@@H]2C[C@@H]3O)=NC1=O.CC(C)[C@]1(C)SC(C[C@H]2C[C@H]3C[C@@H]2C[C@H]3O)=NC1=O. The standard InChI is InChI=1S/2C15H23NO2S.C15H21NO2S.C15H23NO2S/c3*1-8(2)15(3)14(18)16-13(19-15)7-10-5-11-4-9(10)6-12(11)17;1-14(2,18)15(3)13(17)16-12(19-15)8-11-7-9-4-5-10(11)6-9/h2*8-12,17H,4-7H2,1-3H3;8-11H,4-7H2,1-3H3;9-11,18H,4-8H2,1-3H3/t9-,10-,11-,12+,15+;9-,10-,11-,12-,15+;9-,10-,11-,15+;9-,10+,11-,15-/m1111/s1. The summed E-state index contributed by atoms with van der Waals surface area (Å²) < 4.78 is -1.89. The number of nitrogens with zero attached hydrogens (tertiary/aromatic N) is 4. The number of amides is 4. The summed E-state index contributed by atoms with van der Waals surface area (Å²) in [6.07, 6.45) is 18.5. The molecule has 76 heavy (non-hydrogen) atoms. The molecular weight excluding hydrogens is 1030 g/mol. The monoisotopic (exact) mass is 1120 g/mol. The van der Waals surface area contributed by atoms with E-state index >= 15 is 0 Å². The molecule has 3 N–H and O–H groups in total. The Morgan fingerprint density at radius 3 is 1.14 bits per heavy atom. The van der Waals surface area contributed by atoms with Gasteiger partial charge in [-0.25, -0.2) is 20.0 Å². The van der Waals surface area contributed by atoms with E-state index in [0.29, 0.717) is 76.8 Å². The zero-order valence-electron chi connectivity index (χ0n) is 47.6. The summed E-state index contributed by atoms with van der Waals surface area (Å²) in [6, 6.07) is 0. The van der Waals surface area contributed by atoms with Gasteiger partial charge in [0.25, 0.3) is 23.6 Å². The van der Waals surface area contributed by atoms with Crippen LogP contribution >= 0.6 is 47.0 Å². The van der Waals surface area contributed by atoms with E-state index in [0.717, 1.165) is 109 Å². The number of rotatable bonds is 12. The largest absolute Gasteiger partial charge is 0.393 e. The molecule has 12 nitrogen and oxygen atoms in total. The van der Waals surface area contributed by atoms with Gasteiger partial charge in [-0.2, -0.15) is 0 Å². The van der Waals surface area contributed by atoms with Crippen LogP contribution in [0.15, 0.2) is 20.0 Å². The maximum absolute atomic E-state index is 12.1. The Bertz CT molecular complexity index is 2350. The van der Waals surface area contributed by atoms with Crippen molar-refractivity contribution in [1.82, 2.24) is 0 Å². The molecule has 8 aliphatic carbocycles. The Morgan fingerprint density at radius 1 is 0.474 bits per heavy atom. The van der Waals surface area contributed by atoms with Crippen LogP contribution in [0.2, 0.25) is 0 Å². The Labute approximate surface area is 470 Å². The number of aliphatic hydroxyl groups is 3. The number of Topliss-reactive ketones (excluding diaryl/α,β-unsaturated/α-hetero) is 1. The Balaban J connectivity index is 0.000000124. The van der Waals surface area contributed by atoms with Crippen LogP contribution in [0, 0.1) is 88.8 Å². The van der Waals surface area contributed by atoms with Crippen LogP contribution in [-0.2, 0) is 24.0 Å². The fourth-order valence-electron chi connectivity index (χ4n) is 15.1. The van der Waals surface area contributed by atoms with E-state index in [9.17, 15) is 39.3 Å². The molecule has 0 aromatic carbocycles. The van der Waals surface area contributed by atoms with Gasteiger partial charge in [0.1, 0.15) is 24.8 Å². The quantitative estimate of drug-likeness (QED) is 0.168. The summed E-state index contributed by atoms with van der Waals surface area (Å²) in [5.74, 6) is 8.92. The number of carbonyl (C=O) groups is 5. The summed E-state index contributed by atoms with van der Waals surface area (Å²) in [4.78, 5) is 77.1. The highest BCUT2D eigenvalue weighted by molar-refractivity contribution is 8.17. The van der Waals surface area contributed by atoms with Crippen LogP contribution < -0.4 is 0 Å². The summed E-state index contributed by atoms with van der Waals surface area (Å²) >= 11 is 6.52. The summed E-state index contributed by atoms with van der Waals surface area (Å²) in [5, 5.41) is 33.9. The first-order chi connectivity index (χ1) is 35.5. The fraction of sp³-hybridized carbons (Fsp3) is 0.850. The van der Waals surface area contributed by atoms with Gasteiger partial charge in [-0.15, -0.1) is 0 Å². The van der Waals surface area contributed by atoms with Crippen molar-refractivity contribution < 1.29 is 39.3 Å². The molecule has 0 radical (unpaired) electrons. The smallest absolute Gasteiger partial charge is 0.265 e. The van der Waals surface area contributed by atoms with Gasteiger partial charge in [-0.05, 0) is 221 Å². The average molecular weight is 1120 g/mol. The molecule has 12 aliphatic rings. The number of hydrogen-bond acceptors (Lipinski definition) is 12. The van der Waals surface area contributed by atoms with E-state index in [1.54, 1.807) is 49.1 Å². The van der Waals surface area contributed by atoms with Crippen molar-refractivity contribution in [2.45, 2.75) is 229 Å². The van der Waals surface area contributed by atoms with Gasteiger partial charge in [0.05, 0.1) is 38.0 Å². The molecule has 4 heterocycles. The van der Waals surface area contributed by atoms with Gasteiger partial charge in [-0.3, -0.25) is 24.0 Å². The summed E-state index contributed by atoms with van der Waals surface area (Å²) in [7, 11) is 0. The third-order valence-corrected chi connectivity index (χ3v) is 28.0. The lowest BCUT2D eigenvalue weighted by Gasteiger charge is -2.33. The first-order valence-corrected chi connectivity index (χ1v) is 32.6. The third kappa shape index (κ3) is 11.6. The summed E-state index contributed by atoms with van der Waals surface area (Å²) in [6.45, 7) is 23.8. The van der Waals surface area contributed by atoms with E-state index in [1.165, 1.54) is 50.3 Å². The van der Waals surface area contributed by atoms with E-state index in [-0.39, 0.29) is 50.1 Å². The highest BCUT2D eigenvalue weighted by Crippen LogP contribution is 2.56. The zero-order chi connectivity index (χ0) is 55.2. The Hall–Kier alpha value is -1.69. The number of hydrogen-bond donors (Lipinski definition) is 3. The second kappa shape index (κ2) is 22.2. The number of fused-ring (bicyclic) bond motifs is 8. The molecule has 0 aromatic heterocycles. The fourth-order valence-corrected chi connectivity index (χ4v) is 20.2. The average Bonchev–Trinajstić information content (AvgIpc) is 4.17. The molecule has 8 bridgehead atoms. The molecule has 0 unspecified atom stereocenters. The third-order valence-electron chi connectivity index (χ3n) is 21.7. The molecule has 8 fully saturated rings. The maximum atomic E-state index is 12.1. The van der Waals surface area contributed by atoms with E-state index in [4.69, 9.17) is 0 Å². The van der Waals surface area contributed by atoms with Crippen LogP contribution in [0.3, 0.4) is 0 Å². The van der Waals surface area contributed by atoms with Crippen molar-refractivity contribution in [3.05, 3.63) is 0 Å². The van der Waals surface area contributed by atoms with Crippen molar-refractivity contribution >= 4 is 96.6 Å². The van der Waals surface area contributed by atoms with Crippen LogP contribution in [0.1, 0.15) is 192 Å². The van der Waals surface area contributed by atoms with Crippen LogP contribution in [0.4, 0.5) is 0 Å². The minimum atomic E-state index is -1.03. The minimum absolute atomic E-state index is 0.0294. The van der Waals surface area contributed by atoms with Gasteiger partial charge >= 0.3 is 0 Å². The lowest BCUT2D eigenvalue weighted by atomic mass is 9.85. The second-order valence-electron chi connectivity index (χ2n) is 27.7. The van der Waals surface area contributed by atoms with Gasteiger partial charge in [0.15, 0.2) is 0 Å². The zero-order valence-corrected chi connectivity index (χ0v) is 50.9. The van der Waals surface area contributed by atoms with Gasteiger partial charge < -0.3 is 15.3 Å². The number of aliphatic imine (C=N–C) groups is 4. The first kappa shape index (κ1) is 58.9. The predicted octanol–water partition coefficient (Wildman–Crippen LogP) is 11.8. The van der Waals surface area contributed by atoms with Gasteiger partial charge in [0, 0.05) is 12.3 Å². The van der Waals surface area contributed by atoms with Crippen molar-refractivity contribution in [2.24, 2.45) is 109 Å². The molecule has 16 heteroatoms. The molecule has 18 atom stereocenters. The number of carbonyl (C=O) groups excluding carboxylic acids is 5. The van der Waals surface area contributed by atoms with Crippen LogP contribution in [-0.4, -0.2) is 102 Å². The second-order valence-corrected chi connectivity index (χ2v) is 33.8. The predicted molar refractivity (Wildman–Crippen MR) is 312 cm³/mol. The van der Waals surface area contributed by atoms with E-state index in [2.05, 4.69) is 61.5 Å². The van der Waals surface area contributed by atoms with Crippen molar-refractivity contribution in [1.29, 1.82) is 0 Å². The lowest BCUT2D eigenvalue weighted by molar-refractivity contribution is -0.125. The molecule has 0 saturated heterocycles. The molecule has 8 saturated carbocycles. The van der Waals surface area contributed by atoms with E-state index < -0.39 is 10.3 Å². The minimum Gasteiger partial charge on any atom is -0.393 e. The Morgan fingerprint density at radius 2 is 0.868 bits per heavy atom. The molecule has 422 valence electrons. The van der Waals surface area contributed by atoms with Crippen molar-refractivity contribution in [3.63, 3.8) is 0 Å². The van der Waals surface area contributed by atoms with Gasteiger partial charge in [-0.1, -0.05) is 95.0 Å². The molecule has 4 aliphatic heterocycles. The molecule has 0 aromatic rings. The normalized spacial score (nSPS) is 43.5. The van der Waals surface area contributed by atoms with Crippen molar-refractivity contribution in [3.8, 4) is 0 Å². The molecule has 4 amide bonds. The number of ketones is 1. The number of thioether (sulfide) groups is 4. The lowest BCUT2D eigenvalue weighted by Crippen LogP contribution is -2.48. The molecule has 12 rings (SSSR count). The van der Waals surface area contributed by atoms with E-state index in [1.807, 2.05) is 27.7 Å². The number of aliphatic hydroxyl groups excluding tert-OH is 2. The summed E-state index contributed by atoms with van der Waals surface area (Å²) in [5.41, 5.74) is -1.03. The van der Waals surface area contributed by atoms with Crippen molar-refractivity contribution in [2.75, 3.05) is 0 Å². The molecule has 0 spiro atoms. The van der Waals surface area contributed by atoms with Crippen LogP contribution in [0.5, 0.6) is 0 Å². The van der Waals surface area contributed by atoms with Gasteiger partial charge in [0.2, 0.25) is 0 Å². The maximum Gasteiger partial charge on any atom is 0.265 e. The highest BCUT2D eigenvalue weighted by atomic mass is 32.2.